The van der Waals surface area contributed by atoms with Gasteiger partial charge in [-0.1, -0.05) is 42.5 Å². The third kappa shape index (κ3) is 5.30. The van der Waals surface area contributed by atoms with Crippen LogP contribution in [0.5, 0.6) is 5.75 Å². The number of nitrogens with one attached hydrogen (secondary N) is 1. The molecule has 134 valence electrons. The smallest absolute Gasteiger partial charge is 0.115 e. The first-order valence-corrected chi connectivity index (χ1v) is 9.16. The summed E-state index contributed by atoms with van der Waals surface area (Å²) >= 11 is 0. The van der Waals surface area contributed by atoms with Crippen LogP contribution >= 0.6 is 0 Å². The van der Waals surface area contributed by atoms with Gasteiger partial charge in [0, 0.05) is 12.6 Å². The molecule has 4 heteroatoms. The molecule has 1 aliphatic rings. The standard InChI is InChI=1S/C21H28N2O2/c24-16-21(18-6-2-1-3-7-18)22-19(15-23-12-4-5-13-23)14-17-8-10-20(25)11-9-17/h1-3,6-11,19,21-22,24-25H,4-5,12-16H2/t19-,21?/m0/s1. The Morgan fingerprint density at radius 2 is 1.64 bits per heavy atom. The van der Waals surface area contributed by atoms with Gasteiger partial charge >= 0.3 is 0 Å². The first kappa shape index (κ1) is 17.9. The summed E-state index contributed by atoms with van der Waals surface area (Å²) in [6.45, 7) is 3.37. The highest BCUT2D eigenvalue weighted by Crippen LogP contribution is 2.17. The Labute approximate surface area is 150 Å². The number of hydrogen-bond donors (Lipinski definition) is 3. The third-order valence-electron chi connectivity index (χ3n) is 4.92. The molecule has 0 amide bonds. The van der Waals surface area contributed by atoms with Crippen molar-refractivity contribution in [2.45, 2.75) is 31.3 Å². The number of aromatic hydroxyl groups is 1. The van der Waals surface area contributed by atoms with Crippen molar-refractivity contribution in [1.82, 2.24) is 10.2 Å². The number of rotatable bonds is 8. The lowest BCUT2D eigenvalue weighted by Gasteiger charge is -2.29. The van der Waals surface area contributed by atoms with Crippen LogP contribution in [0.3, 0.4) is 0 Å². The molecule has 2 aromatic rings. The molecular formula is C21H28N2O2. The molecule has 2 atom stereocenters. The molecule has 2 aromatic carbocycles. The predicted molar refractivity (Wildman–Crippen MR) is 101 cm³/mol. The van der Waals surface area contributed by atoms with Crippen LogP contribution in [-0.2, 0) is 6.42 Å². The van der Waals surface area contributed by atoms with Crippen molar-refractivity contribution in [2.75, 3.05) is 26.2 Å². The number of nitrogens with zero attached hydrogens (tertiary/aromatic N) is 1. The van der Waals surface area contributed by atoms with Crippen molar-refractivity contribution in [3.63, 3.8) is 0 Å². The number of aliphatic hydroxyl groups excluding tert-OH is 1. The molecule has 0 spiro atoms. The second kappa shape index (κ2) is 8.99. The van der Waals surface area contributed by atoms with Crippen LogP contribution in [-0.4, -0.2) is 47.4 Å². The molecule has 1 fully saturated rings. The van der Waals surface area contributed by atoms with Gasteiger partial charge in [0.25, 0.3) is 0 Å². The van der Waals surface area contributed by atoms with Crippen LogP contribution in [0.1, 0.15) is 30.0 Å². The fourth-order valence-electron chi connectivity index (χ4n) is 3.59. The molecule has 0 aromatic heterocycles. The van der Waals surface area contributed by atoms with Crippen LogP contribution in [0.2, 0.25) is 0 Å². The average Bonchev–Trinajstić information content (AvgIpc) is 3.15. The van der Waals surface area contributed by atoms with Gasteiger partial charge in [0.1, 0.15) is 5.75 Å². The lowest BCUT2D eigenvalue weighted by Crippen LogP contribution is -2.44. The molecule has 0 aliphatic carbocycles. The Bertz CT molecular complexity index is 624. The Hall–Kier alpha value is -1.88. The first-order valence-electron chi connectivity index (χ1n) is 9.16. The zero-order chi connectivity index (χ0) is 17.5. The van der Waals surface area contributed by atoms with Gasteiger partial charge in [-0.05, 0) is 55.6 Å². The quantitative estimate of drug-likeness (QED) is 0.692. The van der Waals surface area contributed by atoms with Crippen molar-refractivity contribution < 1.29 is 10.2 Å². The summed E-state index contributed by atoms with van der Waals surface area (Å²) < 4.78 is 0. The Balaban J connectivity index is 1.71. The highest BCUT2D eigenvalue weighted by atomic mass is 16.3. The molecule has 4 nitrogen and oxygen atoms in total. The maximum atomic E-state index is 9.88. The first-order chi connectivity index (χ1) is 12.2. The molecule has 1 aliphatic heterocycles. The van der Waals surface area contributed by atoms with Gasteiger partial charge in [-0.15, -0.1) is 0 Å². The average molecular weight is 340 g/mol. The fourth-order valence-corrected chi connectivity index (χ4v) is 3.59. The lowest BCUT2D eigenvalue weighted by molar-refractivity contribution is 0.212. The van der Waals surface area contributed by atoms with Crippen LogP contribution in [0.4, 0.5) is 0 Å². The van der Waals surface area contributed by atoms with E-state index in [1.165, 1.54) is 18.4 Å². The summed E-state index contributed by atoms with van der Waals surface area (Å²) in [5.41, 5.74) is 2.31. The molecule has 1 saturated heterocycles. The normalized spacial score (nSPS) is 17.5. The number of aliphatic hydroxyl groups is 1. The Morgan fingerprint density at radius 3 is 2.28 bits per heavy atom. The molecule has 0 saturated carbocycles. The lowest BCUT2D eigenvalue weighted by atomic mass is 10.0. The zero-order valence-electron chi connectivity index (χ0n) is 14.6. The molecule has 3 N–H and O–H groups in total. The van der Waals surface area contributed by atoms with Crippen molar-refractivity contribution in [2.24, 2.45) is 0 Å². The molecular weight excluding hydrogens is 312 g/mol. The summed E-state index contributed by atoms with van der Waals surface area (Å²) in [6, 6.07) is 17.7. The van der Waals surface area contributed by atoms with E-state index in [-0.39, 0.29) is 18.7 Å². The van der Waals surface area contributed by atoms with Crippen molar-refractivity contribution in [3.8, 4) is 5.75 Å². The summed E-state index contributed by atoms with van der Waals surface area (Å²) in [4.78, 5) is 2.50. The fraction of sp³-hybridized carbons (Fsp3) is 0.429. The summed E-state index contributed by atoms with van der Waals surface area (Å²) in [5, 5.41) is 23.0. The number of phenols is 1. The summed E-state index contributed by atoms with van der Waals surface area (Å²) in [6.07, 6.45) is 3.42. The number of hydrogen-bond acceptors (Lipinski definition) is 4. The van der Waals surface area contributed by atoms with Crippen LogP contribution in [0, 0.1) is 0 Å². The number of likely N-dealkylation sites (tertiary alicyclic amines) is 1. The van der Waals surface area contributed by atoms with E-state index in [0.717, 1.165) is 31.6 Å². The van der Waals surface area contributed by atoms with Crippen LogP contribution in [0.15, 0.2) is 54.6 Å². The van der Waals surface area contributed by atoms with Crippen molar-refractivity contribution >= 4 is 0 Å². The van der Waals surface area contributed by atoms with Gasteiger partial charge in [0.15, 0.2) is 0 Å². The monoisotopic (exact) mass is 340 g/mol. The van der Waals surface area contributed by atoms with Gasteiger partial charge in [-0.25, -0.2) is 0 Å². The minimum absolute atomic E-state index is 0.0640. The largest absolute Gasteiger partial charge is 0.508 e. The van der Waals surface area contributed by atoms with E-state index in [0.29, 0.717) is 5.75 Å². The molecule has 25 heavy (non-hydrogen) atoms. The maximum Gasteiger partial charge on any atom is 0.115 e. The van der Waals surface area contributed by atoms with Gasteiger partial charge in [-0.2, -0.15) is 0 Å². The van der Waals surface area contributed by atoms with Crippen molar-refractivity contribution in [3.05, 3.63) is 65.7 Å². The summed E-state index contributed by atoms with van der Waals surface area (Å²) in [5.74, 6) is 0.297. The summed E-state index contributed by atoms with van der Waals surface area (Å²) in [7, 11) is 0. The van der Waals surface area contributed by atoms with E-state index in [1.807, 2.05) is 30.3 Å². The minimum atomic E-state index is -0.0640. The van der Waals surface area contributed by atoms with E-state index in [4.69, 9.17) is 0 Å². The highest BCUT2D eigenvalue weighted by molar-refractivity contribution is 5.27. The van der Waals surface area contributed by atoms with Crippen LogP contribution in [0.25, 0.3) is 0 Å². The van der Waals surface area contributed by atoms with E-state index in [9.17, 15) is 10.2 Å². The number of benzene rings is 2. The molecule has 0 radical (unpaired) electrons. The molecule has 0 bridgehead atoms. The molecule has 1 unspecified atom stereocenters. The predicted octanol–water partition coefficient (Wildman–Crippen LogP) is 2.72. The third-order valence-corrected chi connectivity index (χ3v) is 4.92. The second-order valence-electron chi connectivity index (χ2n) is 6.89. The van der Waals surface area contributed by atoms with Gasteiger partial charge in [-0.3, -0.25) is 0 Å². The Morgan fingerprint density at radius 1 is 0.960 bits per heavy atom. The SMILES string of the molecule is OCC(N[C@@H](Cc1ccc(O)cc1)CN1CCCC1)c1ccccc1. The number of phenolic OH excluding ortho intramolecular Hbond substituents is 1. The topological polar surface area (TPSA) is 55.7 Å². The van der Waals surface area contributed by atoms with E-state index in [1.54, 1.807) is 12.1 Å². The zero-order valence-corrected chi connectivity index (χ0v) is 14.6. The second-order valence-corrected chi connectivity index (χ2v) is 6.89. The van der Waals surface area contributed by atoms with E-state index >= 15 is 0 Å². The van der Waals surface area contributed by atoms with Gasteiger partial charge in [0.2, 0.25) is 0 Å². The minimum Gasteiger partial charge on any atom is -0.508 e. The van der Waals surface area contributed by atoms with Crippen LogP contribution < -0.4 is 5.32 Å². The maximum absolute atomic E-state index is 9.88. The van der Waals surface area contributed by atoms with E-state index in [2.05, 4.69) is 22.3 Å². The van der Waals surface area contributed by atoms with Gasteiger partial charge in [0.05, 0.1) is 12.6 Å². The van der Waals surface area contributed by atoms with Crippen molar-refractivity contribution in [1.29, 1.82) is 0 Å². The van der Waals surface area contributed by atoms with Gasteiger partial charge < -0.3 is 20.4 Å². The molecule has 3 rings (SSSR count). The molecule has 1 heterocycles. The Kier molecular flexibility index (Phi) is 6.45. The highest BCUT2D eigenvalue weighted by Gasteiger charge is 2.21. The van der Waals surface area contributed by atoms with E-state index < -0.39 is 0 Å².